The minimum atomic E-state index is -0.147. The van der Waals surface area contributed by atoms with Crippen molar-refractivity contribution < 1.29 is 9.53 Å². The summed E-state index contributed by atoms with van der Waals surface area (Å²) in [4.78, 5) is 15.3. The number of ether oxygens (including phenoxy) is 1. The fraction of sp³-hybridized carbons (Fsp3) is 0.500. The van der Waals surface area contributed by atoms with E-state index in [0.29, 0.717) is 6.42 Å². The van der Waals surface area contributed by atoms with Crippen LogP contribution >= 0.6 is 0 Å². The molecule has 0 bridgehead atoms. The molecule has 1 unspecified atom stereocenters. The van der Waals surface area contributed by atoms with Gasteiger partial charge in [0.1, 0.15) is 6.10 Å². The third-order valence-corrected chi connectivity index (χ3v) is 2.03. The van der Waals surface area contributed by atoms with Gasteiger partial charge in [-0.15, -0.1) is 0 Å². The lowest BCUT2D eigenvalue weighted by Crippen LogP contribution is -2.20. The highest BCUT2D eigenvalue weighted by Crippen LogP contribution is 2.06. The summed E-state index contributed by atoms with van der Waals surface area (Å²) >= 11 is 0. The van der Waals surface area contributed by atoms with Gasteiger partial charge < -0.3 is 4.74 Å². The molecular formula is C12H17NO2. The number of nitrogens with zero attached hydrogens (tertiary/aromatic N) is 1. The first-order chi connectivity index (χ1) is 7.09. The molecule has 3 heteroatoms. The molecule has 0 saturated heterocycles. The van der Waals surface area contributed by atoms with E-state index in [9.17, 15) is 4.79 Å². The summed E-state index contributed by atoms with van der Waals surface area (Å²) in [5.41, 5.74) is 1.08. The number of carbonyl (C=O) groups excluding carboxylic acids is 1. The van der Waals surface area contributed by atoms with Gasteiger partial charge >= 0.3 is 5.97 Å². The molecule has 82 valence electrons. The van der Waals surface area contributed by atoms with Crippen molar-refractivity contribution in [1.82, 2.24) is 4.98 Å². The van der Waals surface area contributed by atoms with E-state index in [0.717, 1.165) is 5.56 Å². The van der Waals surface area contributed by atoms with Gasteiger partial charge in [0.15, 0.2) is 0 Å². The maximum Gasteiger partial charge on any atom is 0.308 e. The highest BCUT2D eigenvalue weighted by atomic mass is 16.5. The molecule has 0 aliphatic carbocycles. The van der Waals surface area contributed by atoms with E-state index in [-0.39, 0.29) is 18.0 Å². The number of pyridine rings is 1. The Hall–Kier alpha value is -1.38. The lowest BCUT2D eigenvalue weighted by Gasteiger charge is -2.14. The molecule has 3 nitrogen and oxygen atoms in total. The minimum Gasteiger partial charge on any atom is -0.462 e. The molecule has 1 aromatic heterocycles. The molecule has 0 fully saturated rings. The van der Waals surface area contributed by atoms with Crippen molar-refractivity contribution in [2.75, 3.05) is 0 Å². The quantitative estimate of drug-likeness (QED) is 0.710. The number of rotatable bonds is 4. The van der Waals surface area contributed by atoms with Crippen LogP contribution in [0.3, 0.4) is 0 Å². The molecular weight excluding hydrogens is 190 g/mol. The van der Waals surface area contributed by atoms with Gasteiger partial charge in [-0.3, -0.25) is 9.78 Å². The Bertz CT molecular complexity index is 309. The molecule has 0 spiro atoms. The molecule has 1 rings (SSSR count). The first-order valence-corrected chi connectivity index (χ1v) is 5.19. The summed E-state index contributed by atoms with van der Waals surface area (Å²) in [5.74, 6) is -0.215. The zero-order valence-electron chi connectivity index (χ0n) is 9.43. The Morgan fingerprint density at radius 1 is 1.47 bits per heavy atom. The van der Waals surface area contributed by atoms with Crippen molar-refractivity contribution in [3.63, 3.8) is 0 Å². The van der Waals surface area contributed by atoms with E-state index in [4.69, 9.17) is 4.74 Å². The normalized spacial score (nSPS) is 12.5. The summed E-state index contributed by atoms with van der Waals surface area (Å²) < 4.78 is 5.25. The van der Waals surface area contributed by atoms with Crippen LogP contribution in [0.2, 0.25) is 0 Å². The van der Waals surface area contributed by atoms with Gasteiger partial charge in [0.25, 0.3) is 0 Å². The molecule has 0 aliphatic rings. The average Bonchev–Trinajstić information content (AvgIpc) is 2.18. The highest BCUT2D eigenvalue weighted by molar-refractivity contribution is 5.71. The highest BCUT2D eigenvalue weighted by Gasteiger charge is 2.13. The van der Waals surface area contributed by atoms with E-state index in [1.54, 1.807) is 12.4 Å². The van der Waals surface area contributed by atoms with Crippen molar-refractivity contribution >= 4 is 5.97 Å². The molecule has 1 heterocycles. The summed E-state index contributed by atoms with van der Waals surface area (Å²) in [6, 6.07) is 3.86. The first kappa shape index (κ1) is 11.7. The summed E-state index contributed by atoms with van der Waals surface area (Å²) in [5, 5.41) is 0. The van der Waals surface area contributed by atoms with E-state index in [1.807, 2.05) is 32.9 Å². The Morgan fingerprint density at radius 3 is 2.73 bits per heavy atom. The minimum absolute atomic E-state index is 0.0682. The van der Waals surface area contributed by atoms with Gasteiger partial charge in [-0.2, -0.15) is 0 Å². The number of aromatic nitrogens is 1. The van der Waals surface area contributed by atoms with Gasteiger partial charge in [0.05, 0.1) is 5.92 Å². The van der Waals surface area contributed by atoms with E-state index < -0.39 is 0 Å². The molecule has 0 aromatic carbocycles. The molecule has 0 N–H and O–H groups in total. The lowest BCUT2D eigenvalue weighted by molar-refractivity contribution is -0.151. The molecule has 1 aromatic rings. The van der Waals surface area contributed by atoms with Gasteiger partial charge in [0.2, 0.25) is 0 Å². The topological polar surface area (TPSA) is 39.2 Å². The molecule has 15 heavy (non-hydrogen) atoms. The van der Waals surface area contributed by atoms with E-state index in [1.165, 1.54) is 0 Å². The maximum atomic E-state index is 11.3. The number of esters is 1. The summed E-state index contributed by atoms with van der Waals surface area (Å²) in [7, 11) is 0. The van der Waals surface area contributed by atoms with Crippen LogP contribution in [-0.2, 0) is 16.0 Å². The predicted octanol–water partition coefficient (Wildman–Crippen LogP) is 2.21. The second kappa shape index (κ2) is 5.49. The van der Waals surface area contributed by atoms with Crippen LogP contribution in [0.5, 0.6) is 0 Å². The second-order valence-corrected chi connectivity index (χ2v) is 3.97. The monoisotopic (exact) mass is 207 g/mol. The van der Waals surface area contributed by atoms with Gasteiger partial charge in [-0.05, 0) is 18.6 Å². The molecule has 0 saturated carbocycles. The van der Waals surface area contributed by atoms with E-state index in [2.05, 4.69) is 4.98 Å². The van der Waals surface area contributed by atoms with Crippen LogP contribution in [0.4, 0.5) is 0 Å². The average molecular weight is 207 g/mol. The first-order valence-electron chi connectivity index (χ1n) is 5.19. The van der Waals surface area contributed by atoms with Crippen LogP contribution in [-0.4, -0.2) is 17.1 Å². The zero-order chi connectivity index (χ0) is 11.3. The molecule has 1 atom stereocenters. The van der Waals surface area contributed by atoms with Crippen LogP contribution in [0.25, 0.3) is 0 Å². The Balaban J connectivity index is 2.43. The smallest absolute Gasteiger partial charge is 0.308 e. The fourth-order valence-electron chi connectivity index (χ4n) is 1.23. The van der Waals surface area contributed by atoms with Gasteiger partial charge in [-0.1, -0.05) is 19.9 Å². The summed E-state index contributed by atoms with van der Waals surface area (Å²) in [6.45, 7) is 5.56. The molecule has 0 amide bonds. The summed E-state index contributed by atoms with van der Waals surface area (Å²) in [6.07, 6.45) is 4.14. The Labute approximate surface area is 90.5 Å². The third-order valence-electron chi connectivity index (χ3n) is 2.03. The molecule has 0 radical (unpaired) electrons. The van der Waals surface area contributed by atoms with Crippen LogP contribution in [0.1, 0.15) is 26.3 Å². The molecule has 0 aliphatic heterocycles. The Kier molecular flexibility index (Phi) is 4.28. The van der Waals surface area contributed by atoms with Crippen molar-refractivity contribution in [1.29, 1.82) is 0 Å². The number of hydrogen-bond acceptors (Lipinski definition) is 3. The van der Waals surface area contributed by atoms with Crippen molar-refractivity contribution in [2.24, 2.45) is 5.92 Å². The van der Waals surface area contributed by atoms with Crippen molar-refractivity contribution in [3.05, 3.63) is 30.1 Å². The lowest BCUT2D eigenvalue weighted by atomic mass is 10.1. The number of hydrogen-bond donors (Lipinski definition) is 0. The number of carbonyl (C=O) groups is 1. The fourth-order valence-corrected chi connectivity index (χ4v) is 1.23. The van der Waals surface area contributed by atoms with Crippen molar-refractivity contribution in [2.45, 2.75) is 33.3 Å². The van der Waals surface area contributed by atoms with Gasteiger partial charge in [-0.25, -0.2) is 0 Å². The van der Waals surface area contributed by atoms with E-state index >= 15 is 0 Å². The van der Waals surface area contributed by atoms with Crippen LogP contribution in [0.15, 0.2) is 24.5 Å². The Morgan fingerprint density at radius 2 is 2.20 bits per heavy atom. The second-order valence-electron chi connectivity index (χ2n) is 3.97. The van der Waals surface area contributed by atoms with Gasteiger partial charge in [0, 0.05) is 18.8 Å². The SMILES string of the molecule is CC(Cc1cccnc1)OC(=O)C(C)C. The third kappa shape index (κ3) is 4.11. The zero-order valence-corrected chi connectivity index (χ0v) is 9.43. The van der Waals surface area contributed by atoms with Crippen LogP contribution < -0.4 is 0 Å². The maximum absolute atomic E-state index is 11.3. The predicted molar refractivity (Wildman–Crippen MR) is 58.3 cm³/mol. The largest absolute Gasteiger partial charge is 0.462 e. The van der Waals surface area contributed by atoms with Crippen LogP contribution in [0, 0.1) is 5.92 Å². The van der Waals surface area contributed by atoms with Crippen molar-refractivity contribution in [3.8, 4) is 0 Å². The standard InChI is InChI=1S/C12H17NO2/c1-9(2)12(14)15-10(3)7-11-5-4-6-13-8-11/h4-6,8-10H,7H2,1-3H3.